The van der Waals surface area contributed by atoms with Gasteiger partial charge in [0, 0.05) is 0 Å². The Morgan fingerprint density at radius 2 is 2.27 bits per heavy atom. The molecule has 0 saturated heterocycles. The van der Waals surface area contributed by atoms with E-state index in [1.54, 1.807) is 0 Å². The Hall–Kier alpha value is -1.05. The first kappa shape index (κ1) is 12.0. The highest BCUT2D eigenvalue weighted by molar-refractivity contribution is 5.70. The van der Waals surface area contributed by atoms with Crippen LogP contribution in [-0.2, 0) is 4.79 Å². The maximum Gasteiger partial charge on any atom is 0.307 e. The van der Waals surface area contributed by atoms with Gasteiger partial charge in [-0.15, -0.1) is 0 Å². The maximum atomic E-state index is 11.2. The largest absolute Gasteiger partial charge is 0.481 e. The van der Waals surface area contributed by atoms with E-state index in [1.165, 1.54) is 5.57 Å². The van der Waals surface area contributed by atoms with Crippen molar-refractivity contribution in [3.8, 4) is 0 Å². The molecule has 1 aliphatic carbocycles. The first-order valence-corrected chi connectivity index (χ1v) is 5.62. The Morgan fingerprint density at radius 3 is 2.73 bits per heavy atom. The van der Waals surface area contributed by atoms with Crippen LogP contribution in [-0.4, -0.2) is 11.1 Å². The molecule has 0 spiro atoms. The molecule has 0 aliphatic heterocycles. The molecule has 1 rings (SSSR count). The van der Waals surface area contributed by atoms with Crippen molar-refractivity contribution in [3.05, 3.63) is 23.8 Å². The van der Waals surface area contributed by atoms with E-state index in [4.69, 9.17) is 0 Å². The summed E-state index contributed by atoms with van der Waals surface area (Å²) < 4.78 is 0. The first-order chi connectivity index (χ1) is 7.11. The minimum atomic E-state index is -0.646. The number of aliphatic carboxylic acids is 1. The minimum absolute atomic E-state index is 0.204. The van der Waals surface area contributed by atoms with Crippen molar-refractivity contribution in [2.24, 2.45) is 11.8 Å². The average molecular weight is 208 g/mol. The summed E-state index contributed by atoms with van der Waals surface area (Å²) >= 11 is 0. The normalized spacial score (nSPS) is 22.1. The van der Waals surface area contributed by atoms with Crippen LogP contribution in [0.3, 0.4) is 0 Å². The number of carboxylic acids is 1. The van der Waals surface area contributed by atoms with E-state index in [2.05, 4.69) is 12.2 Å². The molecule has 0 aromatic heterocycles. The van der Waals surface area contributed by atoms with E-state index in [9.17, 15) is 9.90 Å². The summed E-state index contributed by atoms with van der Waals surface area (Å²) in [6.45, 7) is 4.03. The van der Waals surface area contributed by atoms with Crippen molar-refractivity contribution in [1.29, 1.82) is 0 Å². The van der Waals surface area contributed by atoms with Gasteiger partial charge in [0.05, 0.1) is 5.92 Å². The van der Waals surface area contributed by atoms with Gasteiger partial charge >= 0.3 is 5.97 Å². The second-order valence-electron chi connectivity index (χ2n) is 4.51. The number of carbonyl (C=O) groups is 1. The van der Waals surface area contributed by atoms with E-state index in [1.807, 2.05) is 19.9 Å². The lowest BCUT2D eigenvalue weighted by atomic mass is 9.81. The fourth-order valence-electron chi connectivity index (χ4n) is 2.04. The monoisotopic (exact) mass is 208 g/mol. The van der Waals surface area contributed by atoms with E-state index < -0.39 is 5.97 Å². The maximum absolute atomic E-state index is 11.2. The van der Waals surface area contributed by atoms with Crippen LogP contribution in [0, 0.1) is 11.8 Å². The van der Waals surface area contributed by atoms with Crippen LogP contribution in [0.1, 0.15) is 39.5 Å². The highest BCUT2D eigenvalue weighted by atomic mass is 16.4. The summed E-state index contributed by atoms with van der Waals surface area (Å²) in [5, 5.41) is 9.19. The van der Waals surface area contributed by atoms with Crippen molar-refractivity contribution < 1.29 is 9.90 Å². The van der Waals surface area contributed by atoms with E-state index >= 15 is 0 Å². The quantitative estimate of drug-likeness (QED) is 0.719. The molecule has 0 heterocycles. The molecule has 0 fully saturated rings. The van der Waals surface area contributed by atoms with Gasteiger partial charge in [0.25, 0.3) is 0 Å². The van der Waals surface area contributed by atoms with E-state index in [0.29, 0.717) is 12.3 Å². The fourth-order valence-corrected chi connectivity index (χ4v) is 2.04. The molecular formula is C13H20O2. The van der Waals surface area contributed by atoms with Crippen LogP contribution in [0.2, 0.25) is 0 Å². The molecule has 1 aliphatic rings. The number of hydrogen-bond acceptors (Lipinski definition) is 1. The number of rotatable bonds is 4. The summed E-state index contributed by atoms with van der Waals surface area (Å²) in [6, 6.07) is 0. The van der Waals surface area contributed by atoms with Crippen LogP contribution in [0.25, 0.3) is 0 Å². The molecule has 84 valence electrons. The predicted molar refractivity (Wildman–Crippen MR) is 61.7 cm³/mol. The molecule has 1 N–H and O–H groups in total. The van der Waals surface area contributed by atoms with Crippen molar-refractivity contribution >= 4 is 5.97 Å². The third kappa shape index (κ3) is 3.90. The van der Waals surface area contributed by atoms with Gasteiger partial charge in [0.2, 0.25) is 0 Å². The van der Waals surface area contributed by atoms with Crippen LogP contribution in [0.4, 0.5) is 0 Å². The Labute approximate surface area is 91.7 Å². The Kier molecular flexibility index (Phi) is 4.60. The fraction of sp³-hybridized carbons (Fsp3) is 0.615. The summed E-state index contributed by atoms with van der Waals surface area (Å²) in [4.78, 5) is 11.2. The molecule has 0 saturated carbocycles. The summed E-state index contributed by atoms with van der Waals surface area (Å²) in [5.41, 5.74) is 1.20. The SMILES string of the molecule is CC(C)=CCC(C(=O)O)C1CC=CCC1. The van der Waals surface area contributed by atoms with Gasteiger partial charge in [-0.25, -0.2) is 0 Å². The second-order valence-corrected chi connectivity index (χ2v) is 4.51. The van der Waals surface area contributed by atoms with Gasteiger partial charge in [-0.3, -0.25) is 4.79 Å². The van der Waals surface area contributed by atoms with Crippen LogP contribution in [0.15, 0.2) is 23.8 Å². The topological polar surface area (TPSA) is 37.3 Å². The molecule has 0 amide bonds. The Morgan fingerprint density at radius 1 is 1.53 bits per heavy atom. The van der Waals surface area contributed by atoms with Gasteiger partial charge in [0.15, 0.2) is 0 Å². The van der Waals surface area contributed by atoms with Crippen LogP contribution < -0.4 is 0 Å². The zero-order chi connectivity index (χ0) is 11.3. The van der Waals surface area contributed by atoms with Gasteiger partial charge in [-0.2, -0.15) is 0 Å². The van der Waals surface area contributed by atoms with Gasteiger partial charge in [-0.05, 0) is 45.4 Å². The number of carboxylic acid groups (broad SMARTS) is 1. The minimum Gasteiger partial charge on any atom is -0.481 e. The Bertz CT molecular complexity index is 272. The summed E-state index contributed by atoms with van der Waals surface area (Å²) in [7, 11) is 0. The lowest BCUT2D eigenvalue weighted by Gasteiger charge is -2.23. The van der Waals surface area contributed by atoms with Crippen molar-refractivity contribution in [1.82, 2.24) is 0 Å². The predicted octanol–water partition coefficient (Wildman–Crippen LogP) is 3.40. The third-order valence-corrected chi connectivity index (χ3v) is 2.98. The molecule has 0 radical (unpaired) electrons. The molecule has 0 aromatic rings. The molecule has 0 bridgehead atoms. The third-order valence-electron chi connectivity index (χ3n) is 2.98. The van der Waals surface area contributed by atoms with Gasteiger partial charge < -0.3 is 5.11 Å². The number of hydrogen-bond donors (Lipinski definition) is 1. The lowest BCUT2D eigenvalue weighted by Crippen LogP contribution is -2.24. The van der Waals surface area contributed by atoms with Crippen molar-refractivity contribution in [2.75, 3.05) is 0 Å². The zero-order valence-electron chi connectivity index (χ0n) is 9.57. The average Bonchev–Trinajstić information content (AvgIpc) is 2.18. The molecule has 0 aromatic carbocycles. The standard InChI is InChI=1S/C13H20O2/c1-10(2)8-9-12(13(14)15)11-6-4-3-5-7-11/h3-4,8,11-12H,5-7,9H2,1-2H3,(H,14,15). The second kappa shape index (κ2) is 5.74. The smallest absolute Gasteiger partial charge is 0.307 e. The van der Waals surface area contributed by atoms with Gasteiger partial charge in [0.1, 0.15) is 0 Å². The van der Waals surface area contributed by atoms with Gasteiger partial charge in [-0.1, -0.05) is 23.8 Å². The lowest BCUT2D eigenvalue weighted by molar-refractivity contribution is -0.143. The molecule has 15 heavy (non-hydrogen) atoms. The molecule has 2 unspecified atom stereocenters. The van der Waals surface area contributed by atoms with Crippen molar-refractivity contribution in [3.63, 3.8) is 0 Å². The molecule has 2 heteroatoms. The summed E-state index contributed by atoms with van der Waals surface area (Å²) in [5.74, 6) is -0.527. The van der Waals surface area contributed by atoms with E-state index in [-0.39, 0.29) is 5.92 Å². The van der Waals surface area contributed by atoms with Crippen LogP contribution in [0.5, 0.6) is 0 Å². The highest BCUT2D eigenvalue weighted by Crippen LogP contribution is 2.29. The van der Waals surface area contributed by atoms with Crippen molar-refractivity contribution in [2.45, 2.75) is 39.5 Å². The zero-order valence-corrected chi connectivity index (χ0v) is 9.57. The van der Waals surface area contributed by atoms with Crippen LogP contribution >= 0.6 is 0 Å². The number of allylic oxidation sites excluding steroid dienone is 4. The molecule has 2 atom stereocenters. The highest BCUT2D eigenvalue weighted by Gasteiger charge is 2.26. The molecular weight excluding hydrogens is 188 g/mol. The summed E-state index contributed by atoms with van der Waals surface area (Å²) in [6.07, 6.45) is 9.96. The molecule has 2 nitrogen and oxygen atoms in total. The first-order valence-electron chi connectivity index (χ1n) is 5.62. The Balaban J connectivity index is 2.61. The van der Waals surface area contributed by atoms with E-state index in [0.717, 1.165) is 19.3 Å².